The number of rotatable bonds is 5. The SMILES string of the molecule is NC(N)CCCCCS. The second-order valence-corrected chi connectivity index (χ2v) is 2.68. The van der Waals surface area contributed by atoms with Gasteiger partial charge in [-0.05, 0) is 18.6 Å². The lowest BCUT2D eigenvalue weighted by Gasteiger charge is -2.02. The van der Waals surface area contributed by atoms with Crippen molar-refractivity contribution in [3.05, 3.63) is 0 Å². The molecule has 0 aliphatic carbocycles. The Morgan fingerprint density at radius 1 is 1.11 bits per heavy atom. The molecule has 0 spiro atoms. The van der Waals surface area contributed by atoms with Gasteiger partial charge in [0.15, 0.2) is 0 Å². The van der Waals surface area contributed by atoms with Crippen molar-refractivity contribution in [1.29, 1.82) is 0 Å². The maximum Gasteiger partial charge on any atom is 0.0520 e. The van der Waals surface area contributed by atoms with Crippen LogP contribution in [0, 0.1) is 0 Å². The first-order valence-corrected chi connectivity index (χ1v) is 4.02. The first-order chi connectivity index (χ1) is 4.27. The fourth-order valence-corrected chi connectivity index (χ4v) is 0.892. The van der Waals surface area contributed by atoms with Gasteiger partial charge in [0.2, 0.25) is 0 Å². The minimum absolute atomic E-state index is 0.120. The second-order valence-electron chi connectivity index (χ2n) is 2.24. The monoisotopic (exact) mass is 148 g/mol. The van der Waals surface area contributed by atoms with E-state index >= 15 is 0 Å². The smallest absolute Gasteiger partial charge is 0.0520 e. The van der Waals surface area contributed by atoms with Crippen molar-refractivity contribution in [3.8, 4) is 0 Å². The minimum atomic E-state index is -0.120. The molecule has 0 radical (unpaired) electrons. The molecule has 0 unspecified atom stereocenters. The van der Waals surface area contributed by atoms with Gasteiger partial charge in [0.1, 0.15) is 0 Å². The lowest BCUT2D eigenvalue weighted by Crippen LogP contribution is -2.29. The number of hydrogen-bond donors (Lipinski definition) is 3. The van der Waals surface area contributed by atoms with Crippen molar-refractivity contribution in [2.24, 2.45) is 11.5 Å². The lowest BCUT2D eigenvalue weighted by atomic mass is 10.2. The zero-order chi connectivity index (χ0) is 7.11. The van der Waals surface area contributed by atoms with E-state index in [0.29, 0.717) is 0 Å². The van der Waals surface area contributed by atoms with Crippen LogP contribution in [0.3, 0.4) is 0 Å². The molecule has 0 atom stereocenters. The highest BCUT2D eigenvalue weighted by Gasteiger charge is 1.92. The molecule has 0 heterocycles. The van der Waals surface area contributed by atoms with Crippen LogP contribution in [0.25, 0.3) is 0 Å². The molecule has 0 rings (SSSR count). The molecule has 0 aliphatic rings. The van der Waals surface area contributed by atoms with E-state index in [1.807, 2.05) is 0 Å². The highest BCUT2D eigenvalue weighted by Crippen LogP contribution is 2.00. The molecule has 0 fully saturated rings. The molecule has 0 aliphatic heterocycles. The molecular formula is C6H16N2S. The van der Waals surface area contributed by atoms with Gasteiger partial charge in [0.05, 0.1) is 6.17 Å². The molecular weight excluding hydrogens is 132 g/mol. The molecule has 56 valence electrons. The average Bonchev–Trinajstić information content (AvgIpc) is 1.80. The highest BCUT2D eigenvalue weighted by atomic mass is 32.1. The molecule has 2 nitrogen and oxygen atoms in total. The van der Waals surface area contributed by atoms with E-state index in [9.17, 15) is 0 Å². The third-order valence-electron chi connectivity index (χ3n) is 1.20. The Kier molecular flexibility index (Phi) is 6.58. The van der Waals surface area contributed by atoms with E-state index < -0.39 is 0 Å². The Balaban J connectivity index is 2.75. The molecule has 9 heavy (non-hydrogen) atoms. The second kappa shape index (κ2) is 6.39. The zero-order valence-corrected chi connectivity index (χ0v) is 6.61. The first kappa shape index (κ1) is 9.27. The minimum Gasteiger partial charge on any atom is -0.316 e. The number of nitrogens with two attached hydrogens (primary N) is 2. The summed E-state index contributed by atoms with van der Waals surface area (Å²) in [5.74, 6) is 0.972. The Morgan fingerprint density at radius 2 is 1.78 bits per heavy atom. The average molecular weight is 148 g/mol. The fraction of sp³-hybridized carbons (Fsp3) is 1.00. The van der Waals surface area contributed by atoms with Crippen LogP contribution in [0.5, 0.6) is 0 Å². The molecule has 0 amide bonds. The summed E-state index contributed by atoms with van der Waals surface area (Å²) in [5, 5.41) is 0. The topological polar surface area (TPSA) is 52.0 Å². The molecule has 0 saturated carbocycles. The van der Waals surface area contributed by atoms with Crippen LogP contribution < -0.4 is 11.5 Å². The summed E-state index contributed by atoms with van der Waals surface area (Å²) in [6.45, 7) is 0. The lowest BCUT2D eigenvalue weighted by molar-refractivity contribution is 0.576. The van der Waals surface area contributed by atoms with Crippen molar-refractivity contribution >= 4 is 12.6 Å². The fourth-order valence-electron chi connectivity index (χ4n) is 0.669. The Morgan fingerprint density at radius 3 is 2.22 bits per heavy atom. The van der Waals surface area contributed by atoms with E-state index in [2.05, 4.69) is 12.6 Å². The standard InChI is InChI=1S/C6H16N2S/c7-6(8)4-2-1-3-5-9/h6,9H,1-5,7-8H2. The molecule has 3 heteroatoms. The molecule has 0 saturated heterocycles. The quantitative estimate of drug-likeness (QED) is 0.306. The van der Waals surface area contributed by atoms with Crippen LogP contribution in [-0.2, 0) is 0 Å². The summed E-state index contributed by atoms with van der Waals surface area (Å²) in [6, 6.07) is 0. The van der Waals surface area contributed by atoms with Crippen molar-refractivity contribution < 1.29 is 0 Å². The summed E-state index contributed by atoms with van der Waals surface area (Å²) in [5.41, 5.74) is 10.7. The summed E-state index contributed by atoms with van der Waals surface area (Å²) < 4.78 is 0. The van der Waals surface area contributed by atoms with Crippen LogP contribution in [0.4, 0.5) is 0 Å². The largest absolute Gasteiger partial charge is 0.316 e. The maximum atomic E-state index is 5.33. The van der Waals surface area contributed by atoms with Crippen LogP contribution in [0.2, 0.25) is 0 Å². The van der Waals surface area contributed by atoms with Gasteiger partial charge in [-0.15, -0.1) is 0 Å². The van der Waals surface area contributed by atoms with E-state index in [1.165, 1.54) is 12.8 Å². The first-order valence-electron chi connectivity index (χ1n) is 3.39. The van der Waals surface area contributed by atoms with Crippen molar-refractivity contribution in [1.82, 2.24) is 0 Å². The van der Waals surface area contributed by atoms with Crippen molar-refractivity contribution in [2.75, 3.05) is 5.75 Å². The van der Waals surface area contributed by atoms with Gasteiger partial charge in [0, 0.05) is 0 Å². The predicted octanol–water partition coefficient (Wildman–Crippen LogP) is 0.720. The maximum absolute atomic E-state index is 5.33. The van der Waals surface area contributed by atoms with Crippen molar-refractivity contribution in [3.63, 3.8) is 0 Å². The van der Waals surface area contributed by atoms with E-state index in [-0.39, 0.29) is 6.17 Å². The summed E-state index contributed by atoms with van der Waals surface area (Å²) in [6.07, 6.45) is 4.33. The highest BCUT2D eigenvalue weighted by molar-refractivity contribution is 7.80. The third-order valence-corrected chi connectivity index (χ3v) is 1.51. The van der Waals surface area contributed by atoms with Crippen molar-refractivity contribution in [2.45, 2.75) is 31.8 Å². The van der Waals surface area contributed by atoms with E-state index in [0.717, 1.165) is 18.6 Å². The third kappa shape index (κ3) is 8.27. The number of unbranched alkanes of at least 4 members (excludes halogenated alkanes) is 2. The number of thiol groups is 1. The Labute approximate surface area is 62.4 Å². The zero-order valence-electron chi connectivity index (χ0n) is 5.71. The molecule has 0 aromatic carbocycles. The van der Waals surface area contributed by atoms with Crippen LogP contribution in [-0.4, -0.2) is 11.9 Å². The summed E-state index contributed by atoms with van der Waals surface area (Å²) in [7, 11) is 0. The predicted molar refractivity (Wildman–Crippen MR) is 44.5 cm³/mol. The Hall–Kier alpha value is 0.270. The van der Waals surface area contributed by atoms with Gasteiger partial charge in [-0.25, -0.2) is 0 Å². The molecule has 4 N–H and O–H groups in total. The van der Waals surface area contributed by atoms with Gasteiger partial charge in [-0.2, -0.15) is 12.6 Å². The normalized spacial score (nSPS) is 10.7. The van der Waals surface area contributed by atoms with Gasteiger partial charge >= 0.3 is 0 Å². The van der Waals surface area contributed by atoms with Crippen LogP contribution in [0.15, 0.2) is 0 Å². The number of hydrogen-bond acceptors (Lipinski definition) is 3. The van der Waals surface area contributed by atoms with E-state index in [4.69, 9.17) is 11.5 Å². The van der Waals surface area contributed by atoms with Gasteiger partial charge in [0.25, 0.3) is 0 Å². The summed E-state index contributed by atoms with van der Waals surface area (Å²) >= 11 is 4.08. The van der Waals surface area contributed by atoms with Gasteiger partial charge in [-0.3, -0.25) is 0 Å². The molecule has 0 aromatic rings. The van der Waals surface area contributed by atoms with E-state index in [1.54, 1.807) is 0 Å². The summed E-state index contributed by atoms with van der Waals surface area (Å²) in [4.78, 5) is 0. The van der Waals surface area contributed by atoms with Gasteiger partial charge < -0.3 is 11.5 Å². The molecule has 0 aromatic heterocycles. The molecule has 0 bridgehead atoms. The van der Waals surface area contributed by atoms with Crippen LogP contribution in [0.1, 0.15) is 25.7 Å². The van der Waals surface area contributed by atoms with Crippen LogP contribution >= 0.6 is 12.6 Å². The van der Waals surface area contributed by atoms with Gasteiger partial charge in [-0.1, -0.05) is 12.8 Å². The Bertz CT molecular complexity index is 57.0.